The first kappa shape index (κ1) is 12.4. The van der Waals surface area contributed by atoms with Crippen LogP contribution in [-0.2, 0) is 0 Å². The highest BCUT2D eigenvalue weighted by Crippen LogP contribution is 2.32. The molecular formula is C14H7BrClNO2. The molecule has 2 aromatic rings. The third-order valence-electron chi connectivity index (χ3n) is 2.97. The molecule has 0 bridgehead atoms. The van der Waals surface area contributed by atoms with Crippen LogP contribution in [0.25, 0.3) is 0 Å². The fourth-order valence-electron chi connectivity index (χ4n) is 2.09. The van der Waals surface area contributed by atoms with Crippen LogP contribution >= 0.6 is 27.5 Å². The van der Waals surface area contributed by atoms with Gasteiger partial charge in [0.05, 0.1) is 10.6 Å². The number of fused-ring (bicyclic) bond motifs is 1. The first-order valence-electron chi connectivity index (χ1n) is 5.53. The van der Waals surface area contributed by atoms with E-state index in [0.29, 0.717) is 26.6 Å². The number of Topliss-reactive ketones (excluding diaryl/α,β-unsaturated/α-hetero) is 1. The van der Waals surface area contributed by atoms with Crippen molar-refractivity contribution < 1.29 is 9.53 Å². The molecule has 0 aliphatic carbocycles. The van der Waals surface area contributed by atoms with Gasteiger partial charge in [-0.3, -0.25) is 4.79 Å². The zero-order valence-corrected chi connectivity index (χ0v) is 11.9. The van der Waals surface area contributed by atoms with E-state index in [-0.39, 0.29) is 11.5 Å². The van der Waals surface area contributed by atoms with Crippen LogP contribution in [0.3, 0.4) is 0 Å². The third kappa shape index (κ3) is 1.88. The Hall–Kier alpha value is -1.65. The molecule has 0 radical (unpaired) electrons. The molecule has 0 saturated carbocycles. The number of halogens is 2. The van der Waals surface area contributed by atoms with Crippen molar-refractivity contribution in [2.24, 2.45) is 0 Å². The number of rotatable bonds is 1. The summed E-state index contributed by atoms with van der Waals surface area (Å²) in [5.74, 6) is -0.300. The van der Waals surface area contributed by atoms with Gasteiger partial charge in [-0.1, -0.05) is 39.7 Å². The quantitative estimate of drug-likeness (QED) is 0.585. The monoisotopic (exact) mass is 335 g/mol. The van der Waals surface area contributed by atoms with Crippen molar-refractivity contribution in [3.8, 4) is 0 Å². The van der Waals surface area contributed by atoms with E-state index in [4.69, 9.17) is 11.6 Å². The predicted molar refractivity (Wildman–Crippen MR) is 77.3 cm³/mol. The largest absolute Gasteiger partial charge is 0.618 e. The predicted octanol–water partition coefficient (Wildman–Crippen LogP) is 3.93. The Bertz CT molecular complexity index is 740. The fraction of sp³-hybridized carbons (Fsp3) is 0. The molecule has 1 aliphatic heterocycles. The summed E-state index contributed by atoms with van der Waals surface area (Å²) in [5, 5.41) is 12.7. The minimum absolute atomic E-state index is 0.0682. The van der Waals surface area contributed by atoms with E-state index < -0.39 is 0 Å². The van der Waals surface area contributed by atoms with E-state index in [1.165, 1.54) is 0 Å². The summed E-state index contributed by atoms with van der Waals surface area (Å²) in [6.07, 6.45) is 0. The molecule has 0 atom stereocenters. The van der Waals surface area contributed by atoms with Gasteiger partial charge in [0, 0.05) is 10.5 Å². The Kier molecular flexibility index (Phi) is 2.92. The second kappa shape index (κ2) is 4.47. The van der Waals surface area contributed by atoms with Crippen molar-refractivity contribution >= 4 is 44.7 Å². The van der Waals surface area contributed by atoms with Gasteiger partial charge in [0.1, 0.15) is 5.56 Å². The third-order valence-corrected chi connectivity index (χ3v) is 3.79. The van der Waals surface area contributed by atoms with Gasteiger partial charge in [-0.25, -0.2) is 0 Å². The van der Waals surface area contributed by atoms with Gasteiger partial charge in [0.15, 0.2) is 0 Å². The van der Waals surface area contributed by atoms with Crippen LogP contribution in [0.1, 0.15) is 15.9 Å². The molecule has 0 aromatic heterocycles. The molecule has 2 aromatic carbocycles. The van der Waals surface area contributed by atoms with Gasteiger partial charge >= 0.3 is 0 Å². The second-order valence-corrected chi connectivity index (χ2v) is 5.44. The normalized spacial score (nSPS) is 13.9. The summed E-state index contributed by atoms with van der Waals surface area (Å²) in [7, 11) is 0. The Morgan fingerprint density at radius 2 is 1.84 bits per heavy atom. The lowest BCUT2D eigenvalue weighted by molar-refractivity contribution is -0.355. The number of hydrogen-bond acceptors (Lipinski definition) is 2. The van der Waals surface area contributed by atoms with Crippen LogP contribution < -0.4 is 0 Å². The van der Waals surface area contributed by atoms with Crippen molar-refractivity contribution in [1.29, 1.82) is 0 Å². The summed E-state index contributed by atoms with van der Waals surface area (Å²) in [6, 6.07) is 11.8. The molecule has 1 heterocycles. The molecule has 3 rings (SSSR count). The average Bonchev–Trinajstić information content (AvgIpc) is 2.63. The second-order valence-electron chi connectivity index (χ2n) is 4.11. The summed E-state index contributed by atoms with van der Waals surface area (Å²) in [4.78, 5) is 12.3. The van der Waals surface area contributed by atoms with Crippen molar-refractivity contribution in [3.05, 3.63) is 68.3 Å². The Balaban J connectivity index is 2.25. The maximum absolute atomic E-state index is 12.3. The van der Waals surface area contributed by atoms with Gasteiger partial charge in [-0.15, -0.1) is 0 Å². The summed E-state index contributed by atoms with van der Waals surface area (Å²) >= 11 is 9.35. The van der Waals surface area contributed by atoms with Crippen LogP contribution in [0.2, 0.25) is 5.02 Å². The highest BCUT2D eigenvalue weighted by molar-refractivity contribution is 9.10. The van der Waals surface area contributed by atoms with Gasteiger partial charge < -0.3 is 5.21 Å². The molecule has 0 amide bonds. The van der Waals surface area contributed by atoms with E-state index in [2.05, 4.69) is 15.9 Å². The standard InChI is InChI=1S/C14H7BrClNO2/c15-8-5-6-10-12(7-8)17(19)13(14(10)18)9-3-1-2-4-11(9)16/h1-7H. The topological polar surface area (TPSA) is 43.1 Å². The number of ketones is 1. The van der Waals surface area contributed by atoms with Gasteiger partial charge in [0.25, 0.3) is 11.5 Å². The molecule has 0 fully saturated rings. The van der Waals surface area contributed by atoms with Gasteiger partial charge in [-0.2, -0.15) is 4.74 Å². The maximum Gasteiger partial charge on any atom is 0.274 e. The molecule has 0 spiro atoms. The van der Waals surface area contributed by atoms with Crippen molar-refractivity contribution in [3.63, 3.8) is 0 Å². The lowest BCUT2D eigenvalue weighted by Crippen LogP contribution is -2.16. The number of nitrogens with zero attached hydrogens (tertiary/aromatic N) is 1. The lowest BCUT2D eigenvalue weighted by atomic mass is 10.0. The van der Waals surface area contributed by atoms with Crippen LogP contribution in [0.15, 0.2) is 46.9 Å². The molecule has 0 saturated heterocycles. The zero-order valence-electron chi connectivity index (χ0n) is 9.56. The van der Waals surface area contributed by atoms with E-state index in [0.717, 1.165) is 4.47 Å². The Morgan fingerprint density at radius 3 is 2.58 bits per heavy atom. The molecule has 94 valence electrons. The minimum Gasteiger partial charge on any atom is -0.618 e. The molecular weight excluding hydrogens is 330 g/mol. The highest BCUT2D eigenvalue weighted by Gasteiger charge is 2.37. The molecule has 0 N–H and O–H groups in total. The molecule has 3 nitrogen and oxygen atoms in total. The highest BCUT2D eigenvalue weighted by atomic mass is 79.9. The number of carbonyl (C=O) groups excluding carboxylic acids is 1. The van der Waals surface area contributed by atoms with Crippen LogP contribution in [0.4, 0.5) is 5.69 Å². The van der Waals surface area contributed by atoms with E-state index >= 15 is 0 Å². The van der Waals surface area contributed by atoms with E-state index in [1.807, 2.05) is 0 Å². The van der Waals surface area contributed by atoms with Gasteiger partial charge in [0.2, 0.25) is 5.69 Å². The Labute approximate surface area is 122 Å². The SMILES string of the molecule is O=C1C(c2ccccc2Cl)=[N+]([O-])c2cc(Br)ccc21. The molecule has 5 heteroatoms. The first-order valence-corrected chi connectivity index (χ1v) is 6.70. The molecule has 1 aliphatic rings. The molecule has 19 heavy (non-hydrogen) atoms. The van der Waals surface area contributed by atoms with E-state index in [1.54, 1.807) is 42.5 Å². The summed E-state index contributed by atoms with van der Waals surface area (Å²) in [5.41, 5.74) is 1.26. The zero-order chi connectivity index (χ0) is 13.6. The smallest absolute Gasteiger partial charge is 0.274 e. The number of benzene rings is 2. The van der Waals surface area contributed by atoms with Crippen LogP contribution in [0.5, 0.6) is 0 Å². The van der Waals surface area contributed by atoms with Crippen LogP contribution in [0, 0.1) is 5.21 Å². The van der Waals surface area contributed by atoms with Gasteiger partial charge in [-0.05, 0) is 24.3 Å². The van der Waals surface area contributed by atoms with E-state index in [9.17, 15) is 10.0 Å². The summed E-state index contributed by atoms with van der Waals surface area (Å²) < 4.78 is 1.39. The van der Waals surface area contributed by atoms with Crippen LogP contribution in [-0.4, -0.2) is 16.2 Å². The fourth-order valence-corrected chi connectivity index (χ4v) is 2.66. The number of carbonyl (C=O) groups is 1. The first-order chi connectivity index (χ1) is 9.09. The lowest BCUT2D eigenvalue weighted by Gasteiger charge is -2.03. The minimum atomic E-state index is -0.300. The van der Waals surface area contributed by atoms with Crippen molar-refractivity contribution in [1.82, 2.24) is 0 Å². The molecule has 0 unspecified atom stereocenters. The van der Waals surface area contributed by atoms with Crippen molar-refractivity contribution in [2.45, 2.75) is 0 Å². The Morgan fingerprint density at radius 1 is 1.11 bits per heavy atom. The maximum atomic E-state index is 12.3. The summed E-state index contributed by atoms with van der Waals surface area (Å²) in [6.45, 7) is 0. The average molecular weight is 337 g/mol. The van der Waals surface area contributed by atoms with Crippen molar-refractivity contribution in [2.75, 3.05) is 0 Å². The number of hydrogen-bond donors (Lipinski definition) is 0.